The molecule has 1 rings (SSSR count). The minimum absolute atomic E-state index is 0.228. The lowest BCUT2D eigenvalue weighted by Crippen LogP contribution is -2.56. The summed E-state index contributed by atoms with van der Waals surface area (Å²) in [5.41, 5.74) is -0.821. The summed E-state index contributed by atoms with van der Waals surface area (Å²) in [6.07, 6.45) is 1.73. The Kier molecular flexibility index (Phi) is 4.96. The van der Waals surface area contributed by atoms with Gasteiger partial charge in [0.2, 0.25) is 0 Å². The van der Waals surface area contributed by atoms with Crippen LogP contribution in [0.25, 0.3) is 0 Å². The summed E-state index contributed by atoms with van der Waals surface area (Å²) in [6, 6.07) is 0. The Morgan fingerprint density at radius 1 is 1.17 bits per heavy atom. The van der Waals surface area contributed by atoms with Gasteiger partial charge in [0.05, 0.1) is 0 Å². The van der Waals surface area contributed by atoms with Gasteiger partial charge in [-0.05, 0) is 6.42 Å². The van der Waals surface area contributed by atoms with E-state index < -0.39 is 33.7 Å². The molecule has 0 amide bonds. The van der Waals surface area contributed by atoms with E-state index in [0.717, 1.165) is 6.42 Å². The van der Waals surface area contributed by atoms with Crippen molar-refractivity contribution in [3.05, 3.63) is 0 Å². The van der Waals surface area contributed by atoms with E-state index in [1.807, 2.05) is 6.92 Å². The normalized spacial score (nSPS) is 31.5. The van der Waals surface area contributed by atoms with E-state index in [1.54, 1.807) is 13.8 Å². The van der Waals surface area contributed by atoms with Gasteiger partial charge in [-0.2, -0.15) is 0 Å². The standard InChI is InChI=1S/C13H18Cl2O3/c1-4-5-6-7(16)8-9(17)11(14)13(2,3)12(15)10(8)18/h8,11-12H,4-6H2,1-3H3/t8?,11-,12+. The zero-order chi connectivity index (χ0) is 14.1. The highest BCUT2D eigenvalue weighted by molar-refractivity contribution is 6.44. The Morgan fingerprint density at radius 2 is 1.61 bits per heavy atom. The van der Waals surface area contributed by atoms with E-state index in [0.29, 0.717) is 6.42 Å². The molecule has 3 nitrogen and oxygen atoms in total. The van der Waals surface area contributed by atoms with Crippen LogP contribution in [-0.4, -0.2) is 28.1 Å². The molecule has 0 radical (unpaired) electrons. The molecule has 0 heterocycles. The third-order valence-electron chi connectivity index (χ3n) is 3.47. The van der Waals surface area contributed by atoms with Crippen LogP contribution in [0.15, 0.2) is 0 Å². The Bertz CT molecular complexity index is 352. The molecule has 0 aromatic rings. The second kappa shape index (κ2) is 5.70. The predicted octanol–water partition coefficient (Wildman–Crippen LogP) is 2.75. The van der Waals surface area contributed by atoms with Crippen LogP contribution in [0.4, 0.5) is 0 Å². The molecule has 0 spiro atoms. The average Bonchev–Trinajstić information content (AvgIpc) is 2.32. The van der Waals surface area contributed by atoms with E-state index in [4.69, 9.17) is 23.2 Å². The lowest BCUT2D eigenvalue weighted by Gasteiger charge is -2.39. The van der Waals surface area contributed by atoms with Crippen LogP contribution in [0.2, 0.25) is 0 Å². The van der Waals surface area contributed by atoms with Gasteiger partial charge in [0.1, 0.15) is 16.7 Å². The maximum Gasteiger partial charge on any atom is 0.169 e. The number of hydrogen-bond donors (Lipinski definition) is 0. The van der Waals surface area contributed by atoms with Gasteiger partial charge >= 0.3 is 0 Å². The molecule has 1 aliphatic carbocycles. The molecule has 0 aliphatic heterocycles. The summed E-state index contributed by atoms with van der Waals surface area (Å²) in [5, 5.41) is -1.79. The molecule has 102 valence electrons. The number of halogens is 2. The van der Waals surface area contributed by atoms with Crippen molar-refractivity contribution < 1.29 is 14.4 Å². The van der Waals surface area contributed by atoms with Crippen LogP contribution >= 0.6 is 23.2 Å². The summed E-state index contributed by atoms with van der Waals surface area (Å²) >= 11 is 12.1. The molecule has 3 atom stereocenters. The van der Waals surface area contributed by atoms with Crippen molar-refractivity contribution in [2.75, 3.05) is 0 Å². The number of hydrogen-bond acceptors (Lipinski definition) is 3. The number of Topliss-reactive ketones (excluding diaryl/α,β-unsaturated/α-hetero) is 3. The zero-order valence-corrected chi connectivity index (χ0v) is 12.3. The summed E-state index contributed by atoms with van der Waals surface area (Å²) in [4.78, 5) is 36.1. The molecular weight excluding hydrogens is 275 g/mol. The first-order valence-corrected chi connectivity index (χ1v) is 7.00. The second-order valence-corrected chi connectivity index (χ2v) is 6.23. The van der Waals surface area contributed by atoms with Gasteiger partial charge in [-0.3, -0.25) is 14.4 Å². The van der Waals surface area contributed by atoms with Crippen LogP contribution in [0.5, 0.6) is 0 Å². The largest absolute Gasteiger partial charge is 0.298 e. The van der Waals surface area contributed by atoms with Gasteiger partial charge in [0, 0.05) is 11.8 Å². The third-order valence-corrected chi connectivity index (χ3v) is 5.03. The number of unbranched alkanes of at least 4 members (excludes halogenated alkanes) is 1. The van der Waals surface area contributed by atoms with Gasteiger partial charge < -0.3 is 0 Å². The number of ketones is 3. The number of rotatable bonds is 4. The molecule has 0 N–H and O–H groups in total. The summed E-state index contributed by atoms with van der Waals surface area (Å²) in [5.74, 6) is -2.59. The molecule has 0 bridgehead atoms. The first-order valence-electron chi connectivity index (χ1n) is 6.13. The molecule has 18 heavy (non-hydrogen) atoms. The van der Waals surface area contributed by atoms with Gasteiger partial charge in [0.15, 0.2) is 17.3 Å². The van der Waals surface area contributed by atoms with Crippen LogP contribution in [0.3, 0.4) is 0 Å². The van der Waals surface area contributed by atoms with Gasteiger partial charge in [-0.15, -0.1) is 23.2 Å². The fraction of sp³-hybridized carbons (Fsp3) is 0.769. The first-order chi connectivity index (χ1) is 8.25. The lowest BCUT2D eigenvalue weighted by molar-refractivity contribution is -0.144. The molecule has 1 unspecified atom stereocenters. The van der Waals surface area contributed by atoms with Crippen molar-refractivity contribution in [2.45, 2.75) is 50.8 Å². The maximum absolute atomic E-state index is 12.1. The van der Waals surface area contributed by atoms with Crippen LogP contribution < -0.4 is 0 Å². The van der Waals surface area contributed by atoms with Crippen LogP contribution in [0, 0.1) is 11.3 Å². The smallest absolute Gasteiger partial charge is 0.169 e. The van der Waals surface area contributed by atoms with Crippen molar-refractivity contribution >= 4 is 40.6 Å². The topological polar surface area (TPSA) is 51.2 Å². The SMILES string of the molecule is CCCCC(=O)C1C(=O)[C@@H](Cl)C(C)(C)[C@@H](Cl)C1=O. The molecule has 1 saturated carbocycles. The van der Waals surface area contributed by atoms with E-state index >= 15 is 0 Å². The highest BCUT2D eigenvalue weighted by atomic mass is 35.5. The van der Waals surface area contributed by atoms with Crippen molar-refractivity contribution in [3.8, 4) is 0 Å². The van der Waals surface area contributed by atoms with Crippen LogP contribution in [-0.2, 0) is 14.4 Å². The maximum atomic E-state index is 12.1. The van der Waals surface area contributed by atoms with E-state index in [-0.39, 0.29) is 12.2 Å². The van der Waals surface area contributed by atoms with Crippen molar-refractivity contribution in [1.82, 2.24) is 0 Å². The molecule has 0 saturated heterocycles. The van der Waals surface area contributed by atoms with Crippen molar-refractivity contribution in [1.29, 1.82) is 0 Å². The van der Waals surface area contributed by atoms with Gasteiger partial charge in [-0.25, -0.2) is 0 Å². The first kappa shape index (κ1) is 15.6. The number of alkyl halides is 2. The molecule has 5 heteroatoms. The number of carbonyl (C=O) groups is 3. The monoisotopic (exact) mass is 292 g/mol. The van der Waals surface area contributed by atoms with Crippen molar-refractivity contribution in [2.24, 2.45) is 11.3 Å². The van der Waals surface area contributed by atoms with Gasteiger partial charge in [-0.1, -0.05) is 27.2 Å². The second-order valence-electron chi connectivity index (χ2n) is 5.35. The minimum atomic E-state index is -1.26. The predicted molar refractivity (Wildman–Crippen MR) is 71.1 cm³/mol. The summed E-state index contributed by atoms with van der Waals surface area (Å²) in [7, 11) is 0. The Balaban J connectivity index is 2.97. The van der Waals surface area contributed by atoms with Gasteiger partial charge in [0.25, 0.3) is 0 Å². The quantitative estimate of drug-likeness (QED) is 0.591. The molecule has 1 aliphatic rings. The van der Waals surface area contributed by atoms with Crippen molar-refractivity contribution in [3.63, 3.8) is 0 Å². The summed E-state index contributed by atoms with van der Waals surface area (Å²) < 4.78 is 0. The Labute approximate surface area is 117 Å². The highest BCUT2D eigenvalue weighted by Gasteiger charge is 2.54. The van der Waals surface area contributed by atoms with E-state index in [1.165, 1.54) is 0 Å². The Morgan fingerprint density at radius 3 is 2.00 bits per heavy atom. The fourth-order valence-electron chi connectivity index (χ4n) is 2.11. The summed E-state index contributed by atoms with van der Waals surface area (Å²) in [6.45, 7) is 5.28. The third kappa shape index (κ3) is 2.62. The lowest BCUT2D eigenvalue weighted by atomic mass is 9.69. The molecule has 0 aromatic heterocycles. The van der Waals surface area contributed by atoms with E-state index in [9.17, 15) is 14.4 Å². The molecular formula is C13H18Cl2O3. The van der Waals surface area contributed by atoms with Crippen LogP contribution in [0.1, 0.15) is 40.0 Å². The Hall–Kier alpha value is -0.410. The van der Waals surface area contributed by atoms with E-state index in [2.05, 4.69) is 0 Å². The minimum Gasteiger partial charge on any atom is -0.298 e. The zero-order valence-electron chi connectivity index (χ0n) is 10.8. The molecule has 1 fully saturated rings. The number of carbonyl (C=O) groups excluding carboxylic acids is 3. The molecule has 0 aromatic carbocycles. The average molecular weight is 293 g/mol. The highest BCUT2D eigenvalue weighted by Crippen LogP contribution is 2.41. The fourth-order valence-corrected chi connectivity index (χ4v) is 2.68.